The van der Waals surface area contributed by atoms with Crippen LogP contribution in [0.4, 0.5) is 0 Å². The smallest absolute Gasteiger partial charge is 0.129 e. The van der Waals surface area contributed by atoms with E-state index in [0.717, 1.165) is 24.0 Å². The molecular weight excluding hydrogens is 202 g/mol. The number of furan rings is 1. The zero-order chi connectivity index (χ0) is 12.0. The summed E-state index contributed by atoms with van der Waals surface area (Å²) in [4.78, 5) is 0. The summed E-state index contributed by atoms with van der Waals surface area (Å²) < 4.78 is 10.6. The monoisotopic (exact) mass is 225 g/mol. The fourth-order valence-electron chi connectivity index (χ4n) is 1.80. The lowest BCUT2D eigenvalue weighted by Crippen LogP contribution is -2.26. The molecule has 1 unspecified atom stereocenters. The van der Waals surface area contributed by atoms with Gasteiger partial charge in [-0.1, -0.05) is 13.8 Å². The largest absolute Gasteiger partial charge is 0.462 e. The molecular formula is C13H23NO2. The molecule has 16 heavy (non-hydrogen) atoms. The summed E-state index contributed by atoms with van der Waals surface area (Å²) in [5.74, 6) is 2.58. The van der Waals surface area contributed by atoms with Gasteiger partial charge in [0.25, 0.3) is 0 Å². The Balaban J connectivity index is 2.30. The van der Waals surface area contributed by atoms with Gasteiger partial charge in [-0.15, -0.1) is 0 Å². The number of hydrogen-bond donors (Lipinski definition) is 1. The van der Waals surface area contributed by atoms with Crippen LogP contribution < -0.4 is 5.32 Å². The van der Waals surface area contributed by atoms with Crippen molar-refractivity contribution in [3.8, 4) is 0 Å². The molecule has 1 rings (SSSR count). The van der Waals surface area contributed by atoms with Crippen LogP contribution in [0.25, 0.3) is 0 Å². The zero-order valence-corrected chi connectivity index (χ0v) is 10.7. The number of nitrogens with one attached hydrogen (secondary N) is 1. The van der Waals surface area contributed by atoms with Gasteiger partial charge in [-0.05, 0) is 31.4 Å². The highest BCUT2D eigenvalue weighted by Gasteiger charge is 2.06. The van der Waals surface area contributed by atoms with Crippen LogP contribution in [0.3, 0.4) is 0 Å². The highest BCUT2D eigenvalue weighted by Crippen LogP contribution is 2.10. The SMILES string of the molecule is COCc1ccc(CNC(C)CC(C)C)o1. The summed E-state index contributed by atoms with van der Waals surface area (Å²) in [5, 5.41) is 3.45. The number of hydrogen-bond acceptors (Lipinski definition) is 3. The predicted molar refractivity (Wildman–Crippen MR) is 65.2 cm³/mol. The third-order valence-corrected chi connectivity index (χ3v) is 2.45. The molecule has 0 saturated carbocycles. The Kier molecular flexibility index (Phi) is 5.56. The minimum Gasteiger partial charge on any atom is -0.462 e. The molecule has 1 heterocycles. The van der Waals surface area contributed by atoms with Crippen molar-refractivity contribution in [1.82, 2.24) is 5.32 Å². The normalized spacial score (nSPS) is 13.3. The van der Waals surface area contributed by atoms with Gasteiger partial charge in [0.15, 0.2) is 0 Å². The Bertz CT molecular complexity index is 294. The second-order valence-electron chi connectivity index (χ2n) is 4.71. The van der Waals surface area contributed by atoms with Gasteiger partial charge in [-0.2, -0.15) is 0 Å². The molecule has 0 radical (unpaired) electrons. The van der Waals surface area contributed by atoms with Crippen molar-refractivity contribution < 1.29 is 9.15 Å². The van der Waals surface area contributed by atoms with Gasteiger partial charge in [-0.25, -0.2) is 0 Å². The van der Waals surface area contributed by atoms with E-state index in [9.17, 15) is 0 Å². The molecule has 0 fully saturated rings. The van der Waals surface area contributed by atoms with E-state index in [-0.39, 0.29) is 0 Å². The Labute approximate surface area is 98.2 Å². The molecule has 0 amide bonds. The van der Waals surface area contributed by atoms with Gasteiger partial charge in [0.05, 0.1) is 6.54 Å². The van der Waals surface area contributed by atoms with Gasteiger partial charge >= 0.3 is 0 Å². The highest BCUT2D eigenvalue weighted by atomic mass is 16.5. The maximum Gasteiger partial charge on any atom is 0.129 e. The molecule has 0 saturated heterocycles. The summed E-state index contributed by atoms with van der Waals surface area (Å²) in [6, 6.07) is 4.49. The predicted octanol–water partition coefficient (Wildman–Crippen LogP) is 2.95. The summed E-state index contributed by atoms with van der Waals surface area (Å²) >= 11 is 0. The second kappa shape index (κ2) is 6.71. The average molecular weight is 225 g/mol. The topological polar surface area (TPSA) is 34.4 Å². The molecule has 1 atom stereocenters. The van der Waals surface area contributed by atoms with Gasteiger partial charge in [0, 0.05) is 13.2 Å². The van der Waals surface area contributed by atoms with Crippen molar-refractivity contribution in [2.75, 3.05) is 7.11 Å². The lowest BCUT2D eigenvalue weighted by molar-refractivity contribution is 0.162. The fraction of sp³-hybridized carbons (Fsp3) is 0.692. The second-order valence-corrected chi connectivity index (χ2v) is 4.71. The molecule has 3 heteroatoms. The first-order valence-corrected chi connectivity index (χ1v) is 5.91. The van der Waals surface area contributed by atoms with Crippen LogP contribution in [0.2, 0.25) is 0 Å². The van der Waals surface area contributed by atoms with Gasteiger partial charge < -0.3 is 14.5 Å². The number of methoxy groups -OCH3 is 1. The van der Waals surface area contributed by atoms with E-state index in [2.05, 4.69) is 26.1 Å². The number of rotatable bonds is 7. The van der Waals surface area contributed by atoms with Crippen molar-refractivity contribution >= 4 is 0 Å². The van der Waals surface area contributed by atoms with E-state index in [4.69, 9.17) is 9.15 Å². The van der Waals surface area contributed by atoms with E-state index in [0.29, 0.717) is 12.6 Å². The zero-order valence-electron chi connectivity index (χ0n) is 10.7. The summed E-state index contributed by atoms with van der Waals surface area (Å²) in [7, 11) is 1.67. The lowest BCUT2D eigenvalue weighted by atomic mass is 10.1. The van der Waals surface area contributed by atoms with E-state index < -0.39 is 0 Å². The first-order valence-electron chi connectivity index (χ1n) is 5.91. The van der Waals surface area contributed by atoms with Gasteiger partial charge in [0.2, 0.25) is 0 Å². The van der Waals surface area contributed by atoms with E-state index in [1.165, 1.54) is 6.42 Å². The molecule has 0 aliphatic heterocycles. The maximum atomic E-state index is 5.59. The summed E-state index contributed by atoms with van der Waals surface area (Å²) in [5.41, 5.74) is 0. The van der Waals surface area contributed by atoms with Crippen molar-refractivity contribution in [2.45, 2.75) is 46.4 Å². The van der Waals surface area contributed by atoms with Crippen LogP contribution in [0.1, 0.15) is 38.7 Å². The lowest BCUT2D eigenvalue weighted by Gasteiger charge is -2.14. The summed E-state index contributed by atoms with van der Waals surface area (Å²) in [6.45, 7) is 8.02. The van der Waals surface area contributed by atoms with Crippen LogP contribution in [0.5, 0.6) is 0 Å². The fourth-order valence-corrected chi connectivity index (χ4v) is 1.80. The van der Waals surface area contributed by atoms with Crippen molar-refractivity contribution in [2.24, 2.45) is 5.92 Å². The molecule has 0 aromatic carbocycles. The molecule has 1 aromatic heterocycles. The Hall–Kier alpha value is -0.800. The summed E-state index contributed by atoms with van der Waals surface area (Å²) in [6.07, 6.45) is 1.19. The molecule has 0 spiro atoms. The molecule has 0 bridgehead atoms. The Morgan fingerprint density at radius 2 is 1.94 bits per heavy atom. The first kappa shape index (κ1) is 13.3. The van der Waals surface area contributed by atoms with Crippen LogP contribution >= 0.6 is 0 Å². The van der Waals surface area contributed by atoms with Crippen molar-refractivity contribution in [3.63, 3.8) is 0 Å². The number of ether oxygens (including phenoxy) is 1. The van der Waals surface area contributed by atoms with E-state index in [1.807, 2.05) is 12.1 Å². The third-order valence-electron chi connectivity index (χ3n) is 2.45. The van der Waals surface area contributed by atoms with Crippen LogP contribution in [-0.2, 0) is 17.9 Å². The van der Waals surface area contributed by atoms with Crippen LogP contribution in [0, 0.1) is 5.92 Å². The minimum atomic E-state index is 0.524. The molecule has 0 aliphatic carbocycles. The van der Waals surface area contributed by atoms with Crippen LogP contribution in [0.15, 0.2) is 16.5 Å². The quantitative estimate of drug-likeness (QED) is 0.774. The maximum absolute atomic E-state index is 5.59. The average Bonchev–Trinajstić information content (AvgIpc) is 2.62. The van der Waals surface area contributed by atoms with E-state index >= 15 is 0 Å². The Morgan fingerprint density at radius 1 is 1.25 bits per heavy atom. The molecule has 92 valence electrons. The van der Waals surface area contributed by atoms with Gasteiger partial charge in [-0.3, -0.25) is 0 Å². The van der Waals surface area contributed by atoms with Crippen molar-refractivity contribution in [1.29, 1.82) is 0 Å². The minimum absolute atomic E-state index is 0.524. The van der Waals surface area contributed by atoms with Gasteiger partial charge in [0.1, 0.15) is 18.1 Å². The van der Waals surface area contributed by atoms with Crippen LogP contribution in [-0.4, -0.2) is 13.2 Å². The molecule has 3 nitrogen and oxygen atoms in total. The standard InChI is InChI=1S/C13H23NO2/c1-10(2)7-11(3)14-8-12-5-6-13(16-12)9-15-4/h5-6,10-11,14H,7-9H2,1-4H3. The van der Waals surface area contributed by atoms with Crippen molar-refractivity contribution in [3.05, 3.63) is 23.7 Å². The molecule has 1 N–H and O–H groups in total. The van der Waals surface area contributed by atoms with E-state index in [1.54, 1.807) is 7.11 Å². The molecule has 1 aromatic rings. The Morgan fingerprint density at radius 3 is 2.56 bits per heavy atom. The molecule has 0 aliphatic rings. The third kappa shape index (κ3) is 4.81. The first-order chi connectivity index (χ1) is 7.61. The highest BCUT2D eigenvalue weighted by molar-refractivity contribution is 5.06.